The lowest BCUT2D eigenvalue weighted by atomic mass is 10.1. The number of aromatic nitrogens is 2. The highest BCUT2D eigenvalue weighted by Gasteiger charge is 2.10. The zero-order valence-electron chi connectivity index (χ0n) is 11.7. The zero-order valence-corrected chi connectivity index (χ0v) is 11.7. The van der Waals surface area contributed by atoms with Gasteiger partial charge in [-0.3, -0.25) is 0 Å². The summed E-state index contributed by atoms with van der Waals surface area (Å²) in [5.74, 6) is 0.666. The first-order valence-electron chi connectivity index (χ1n) is 6.63. The molecule has 3 nitrogen and oxygen atoms in total. The molecule has 0 atom stereocenters. The highest BCUT2D eigenvalue weighted by Crippen LogP contribution is 2.28. The molecule has 100 valence electrons. The molecule has 0 aliphatic heterocycles. The first-order chi connectivity index (χ1) is 9.65. The van der Waals surface area contributed by atoms with Crippen LogP contribution in [0, 0.1) is 13.8 Å². The summed E-state index contributed by atoms with van der Waals surface area (Å²) < 4.78 is 1.77. The van der Waals surface area contributed by atoms with E-state index >= 15 is 0 Å². The fraction of sp³-hybridized carbons (Fsp3) is 0.118. The van der Waals surface area contributed by atoms with Crippen molar-refractivity contribution in [2.45, 2.75) is 13.8 Å². The van der Waals surface area contributed by atoms with Crippen LogP contribution in [0.5, 0.6) is 0 Å². The van der Waals surface area contributed by atoms with Crippen LogP contribution in [0.1, 0.15) is 11.1 Å². The fourth-order valence-corrected chi connectivity index (χ4v) is 2.28. The molecule has 2 aromatic carbocycles. The van der Waals surface area contributed by atoms with Crippen LogP contribution in [0.25, 0.3) is 16.8 Å². The van der Waals surface area contributed by atoms with Crippen molar-refractivity contribution in [1.29, 1.82) is 0 Å². The molecule has 0 unspecified atom stereocenters. The first kappa shape index (κ1) is 12.5. The van der Waals surface area contributed by atoms with Gasteiger partial charge in [0.2, 0.25) is 0 Å². The quantitative estimate of drug-likeness (QED) is 0.765. The largest absolute Gasteiger partial charge is 0.383 e. The lowest BCUT2D eigenvalue weighted by Gasteiger charge is -2.06. The Balaban J connectivity index is 2.07. The Bertz CT molecular complexity index is 739. The fourth-order valence-electron chi connectivity index (χ4n) is 2.28. The van der Waals surface area contributed by atoms with Crippen LogP contribution in [0.15, 0.2) is 54.7 Å². The molecular weight excluding hydrogens is 246 g/mol. The van der Waals surface area contributed by atoms with Crippen molar-refractivity contribution in [2.24, 2.45) is 0 Å². The zero-order chi connectivity index (χ0) is 14.1. The number of benzene rings is 2. The predicted octanol–water partition coefficient (Wildman–Crippen LogP) is 3.74. The van der Waals surface area contributed by atoms with E-state index in [1.54, 1.807) is 4.68 Å². The van der Waals surface area contributed by atoms with Crippen LogP contribution in [0.3, 0.4) is 0 Å². The summed E-state index contributed by atoms with van der Waals surface area (Å²) in [6.45, 7) is 4.14. The second-order valence-electron chi connectivity index (χ2n) is 5.06. The van der Waals surface area contributed by atoms with Crippen LogP contribution in [0.4, 0.5) is 5.82 Å². The molecular formula is C17H17N3. The molecule has 3 aromatic rings. The Morgan fingerprint density at radius 1 is 0.950 bits per heavy atom. The van der Waals surface area contributed by atoms with Gasteiger partial charge in [0, 0.05) is 5.56 Å². The maximum Gasteiger partial charge on any atom is 0.135 e. The van der Waals surface area contributed by atoms with Gasteiger partial charge in [-0.2, -0.15) is 5.10 Å². The van der Waals surface area contributed by atoms with E-state index in [4.69, 9.17) is 5.73 Å². The molecule has 0 fully saturated rings. The minimum Gasteiger partial charge on any atom is -0.383 e. The summed E-state index contributed by atoms with van der Waals surface area (Å²) in [6.07, 6.45) is 1.82. The molecule has 20 heavy (non-hydrogen) atoms. The third kappa shape index (κ3) is 2.18. The van der Waals surface area contributed by atoms with Gasteiger partial charge in [-0.1, -0.05) is 47.5 Å². The average molecular weight is 263 g/mol. The SMILES string of the molecule is Cc1ccc(-n2ncc(-c3cccc(C)c3)c2N)cc1. The van der Waals surface area contributed by atoms with Crippen molar-refractivity contribution >= 4 is 5.82 Å². The molecule has 0 aliphatic rings. The number of nitrogen functional groups attached to an aromatic ring is 1. The van der Waals surface area contributed by atoms with Gasteiger partial charge in [0.05, 0.1) is 11.9 Å². The smallest absolute Gasteiger partial charge is 0.135 e. The van der Waals surface area contributed by atoms with Gasteiger partial charge in [0.15, 0.2) is 0 Å². The lowest BCUT2D eigenvalue weighted by Crippen LogP contribution is -2.02. The molecule has 0 amide bonds. The molecule has 2 N–H and O–H groups in total. The van der Waals surface area contributed by atoms with Crippen molar-refractivity contribution in [2.75, 3.05) is 5.73 Å². The third-order valence-corrected chi connectivity index (χ3v) is 3.41. The van der Waals surface area contributed by atoms with E-state index in [-0.39, 0.29) is 0 Å². The van der Waals surface area contributed by atoms with Crippen LogP contribution in [-0.2, 0) is 0 Å². The van der Waals surface area contributed by atoms with Gasteiger partial charge in [-0.25, -0.2) is 4.68 Å². The van der Waals surface area contributed by atoms with E-state index in [0.29, 0.717) is 5.82 Å². The Hall–Kier alpha value is -2.55. The number of hydrogen-bond donors (Lipinski definition) is 1. The van der Waals surface area contributed by atoms with Gasteiger partial charge in [0.1, 0.15) is 5.82 Å². The molecule has 0 saturated carbocycles. The molecule has 0 spiro atoms. The van der Waals surface area contributed by atoms with Crippen LogP contribution >= 0.6 is 0 Å². The molecule has 0 aliphatic carbocycles. The minimum atomic E-state index is 0.666. The molecule has 0 radical (unpaired) electrons. The van der Waals surface area contributed by atoms with Gasteiger partial charge in [0.25, 0.3) is 0 Å². The summed E-state index contributed by atoms with van der Waals surface area (Å²) in [5, 5.41) is 4.41. The second-order valence-corrected chi connectivity index (χ2v) is 5.06. The van der Waals surface area contributed by atoms with E-state index in [1.807, 2.05) is 24.4 Å². The lowest BCUT2D eigenvalue weighted by molar-refractivity contribution is 0.891. The van der Waals surface area contributed by atoms with Crippen molar-refractivity contribution < 1.29 is 0 Å². The minimum absolute atomic E-state index is 0.666. The number of nitrogens with two attached hydrogens (primary N) is 1. The molecule has 3 rings (SSSR count). The average Bonchev–Trinajstić information content (AvgIpc) is 2.82. The Labute approximate surface area is 118 Å². The summed E-state index contributed by atoms with van der Waals surface area (Å²) in [5.41, 5.74) is 11.7. The highest BCUT2D eigenvalue weighted by molar-refractivity contribution is 5.75. The summed E-state index contributed by atoms with van der Waals surface area (Å²) in [6, 6.07) is 16.5. The van der Waals surface area contributed by atoms with Crippen molar-refractivity contribution in [3.63, 3.8) is 0 Å². The maximum absolute atomic E-state index is 6.26. The van der Waals surface area contributed by atoms with Crippen LogP contribution in [-0.4, -0.2) is 9.78 Å². The Kier molecular flexibility index (Phi) is 3.03. The van der Waals surface area contributed by atoms with E-state index < -0.39 is 0 Å². The first-order valence-corrected chi connectivity index (χ1v) is 6.63. The van der Waals surface area contributed by atoms with Crippen molar-refractivity contribution in [3.05, 3.63) is 65.9 Å². The highest BCUT2D eigenvalue weighted by atomic mass is 15.3. The van der Waals surface area contributed by atoms with Crippen LogP contribution < -0.4 is 5.73 Å². The normalized spacial score (nSPS) is 10.7. The summed E-state index contributed by atoms with van der Waals surface area (Å²) in [4.78, 5) is 0. The number of aryl methyl sites for hydroxylation is 2. The number of anilines is 1. The standard InChI is InChI=1S/C17H17N3/c1-12-6-8-15(9-7-12)20-17(18)16(11-19-20)14-5-3-4-13(2)10-14/h3-11H,18H2,1-2H3. The molecule has 0 saturated heterocycles. The molecule has 3 heteroatoms. The number of hydrogen-bond acceptors (Lipinski definition) is 2. The van der Waals surface area contributed by atoms with E-state index in [9.17, 15) is 0 Å². The van der Waals surface area contributed by atoms with E-state index in [1.165, 1.54) is 11.1 Å². The summed E-state index contributed by atoms with van der Waals surface area (Å²) in [7, 11) is 0. The Morgan fingerprint density at radius 2 is 1.70 bits per heavy atom. The second kappa shape index (κ2) is 4.85. The molecule has 1 aromatic heterocycles. The third-order valence-electron chi connectivity index (χ3n) is 3.41. The maximum atomic E-state index is 6.26. The Morgan fingerprint density at radius 3 is 2.40 bits per heavy atom. The predicted molar refractivity (Wildman–Crippen MR) is 82.9 cm³/mol. The summed E-state index contributed by atoms with van der Waals surface area (Å²) >= 11 is 0. The number of nitrogens with zero attached hydrogens (tertiary/aromatic N) is 2. The van der Waals surface area contributed by atoms with Crippen molar-refractivity contribution in [3.8, 4) is 16.8 Å². The van der Waals surface area contributed by atoms with Crippen LogP contribution in [0.2, 0.25) is 0 Å². The van der Waals surface area contributed by atoms with E-state index in [2.05, 4.69) is 49.3 Å². The monoisotopic (exact) mass is 263 g/mol. The van der Waals surface area contributed by atoms with Gasteiger partial charge >= 0.3 is 0 Å². The molecule has 1 heterocycles. The van der Waals surface area contributed by atoms with Gasteiger partial charge in [-0.15, -0.1) is 0 Å². The van der Waals surface area contributed by atoms with E-state index in [0.717, 1.165) is 16.8 Å². The molecule has 0 bridgehead atoms. The number of rotatable bonds is 2. The van der Waals surface area contributed by atoms with Crippen molar-refractivity contribution in [1.82, 2.24) is 9.78 Å². The van der Waals surface area contributed by atoms with Gasteiger partial charge in [-0.05, 0) is 31.5 Å². The topological polar surface area (TPSA) is 43.8 Å². The van der Waals surface area contributed by atoms with Gasteiger partial charge < -0.3 is 5.73 Å².